The van der Waals surface area contributed by atoms with Crippen LogP contribution in [0.25, 0.3) is 11.3 Å². The highest BCUT2D eigenvalue weighted by Gasteiger charge is 2.04. The highest BCUT2D eigenvalue weighted by Crippen LogP contribution is 2.24. The molecule has 0 saturated carbocycles. The second-order valence-corrected chi connectivity index (χ2v) is 5.66. The normalized spacial score (nSPS) is 10.8. The standard InChI is InChI=1S/C13H15BrN2OS/c1-17-6-5-15-8-13-16-12(9-18-13)10-3-2-4-11(14)7-10/h2-4,7,9,15H,5-6,8H2,1H3. The zero-order valence-electron chi connectivity index (χ0n) is 10.1. The van der Waals surface area contributed by atoms with Gasteiger partial charge in [-0.25, -0.2) is 4.98 Å². The molecule has 3 nitrogen and oxygen atoms in total. The SMILES string of the molecule is COCCNCc1nc(-c2cccc(Br)c2)cs1. The van der Waals surface area contributed by atoms with Crippen molar-refractivity contribution in [3.8, 4) is 11.3 Å². The molecular formula is C13H15BrN2OS. The molecule has 0 atom stereocenters. The molecule has 1 N–H and O–H groups in total. The van der Waals surface area contributed by atoms with Gasteiger partial charge >= 0.3 is 0 Å². The van der Waals surface area contributed by atoms with Crippen molar-refractivity contribution in [1.82, 2.24) is 10.3 Å². The fourth-order valence-corrected chi connectivity index (χ4v) is 2.71. The maximum absolute atomic E-state index is 4.98. The van der Waals surface area contributed by atoms with Crippen LogP contribution in [0.2, 0.25) is 0 Å². The van der Waals surface area contributed by atoms with Gasteiger partial charge in [0.25, 0.3) is 0 Å². The van der Waals surface area contributed by atoms with Crippen LogP contribution in [-0.4, -0.2) is 25.2 Å². The summed E-state index contributed by atoms with van der Waals surface area (Å²) in [5, 5.41) is 6.48. The van der Waals surface area contributed by atoms with Gasteiger partial charge in [0.1, 0.15) is 5.01 Å². The van der Waals surface area contributed by atoms with E-state index in [1.807, 2.05) is 12.1 Å². The number of halogens is 1. The van der Waals surface area contributed by atoms with Crippen LogP contribution in [0.4, 0.5) is 0 Å². The van der Waals surface area contributed by atoms with Gasteiger partial charge in [0.05, 0.1) is 12.3 Å². The van der Waals surface area contributed by atoms with Crippen molar-refractivity contribution in [3.05, 3.63) is 39.1 Å². The van der Waals surface area contributed by atoms with E-state index in [4.69, 9.17) is 4.74 Å². The number of hydrogen-bond acceptors (Lipinski definition) is 4. The summed E-state index contributed by atoms with van der Waals surface area (Å²) in [4.78, 5) is 4.61. The van der Waals surface area contributed by atoms with Gasteiger partial charge in [-0.2, -0.15) is 0 Å². The molecule has 0 aliphatic carbocycles. The molecule has 2 aromatic rings. The number of aromatic nitrogens is 1. The maximum atomic E-state index is 4.98. The number of hydrogen-bond donors (Lipinski definition) is 1. The van der Waals surface area contributed by atoms with E-state index in [0.29, 0.717) is 0 Å². The van der Waals surface area contributed by atoms with Gasteiger partial charge in [0.15, 0.2) is 0 Å². The van der Waals surface area contributed by atoms with Crippen molar-refractivity contribution in [2.24, 2.45) is 0 Å². The third-order valence-electron chi connectivity index (χ3n) is 2.43. The number of methoxy groups -OCH3 is 1. The molecule has 1 aromatic carbocycles. The Bertz CT molecular complexity index is 501. The van der Waals surface area contributed by atoms with Crippen molar-refractivity contribution in [3.63, 3.8) is 0 Å². The van der Waals surface area contributed by atoms with Crippen LogP contribution >= 0.6 is 27.3 Å². The Morgan fingerprint density at radius 3 is 3.11 bits per heavy atom. The monoisotopic (exact) mass is 326 g/mol. The molecule has 0 amide bonds. The summed E-state index contributed by atoms with van der Waals surface area (Å²) in [5.74, 6) is 0. The molecule has 5 heteroatoms. The van der Waals surface area contributed by atoms with E-state index in [2.05, 4.69) is 43.7 Å². The third-order valence-corrected chi connectivity index (χ3v) is 3.77. The Kier molecular flexibility index (Phi) is 5.31. The van der Waals surface area contributed by atoms with E-state index >= 15 is 0 Å². The summed E-state index contributed by atoms with van der Waals surface area (Å²) in [6, 6.07) is 8.19. The van der Waals surface area contributed by atoms with Crippen molar-refractivity contribution >= 4 is 27.3 Å². The van der Waals surface area contributed by atoms with Gasteiger partial charge in [-0.1, -0.05) is 28.1 Å². The summed E-state index contributed by atoms with van der Waals surface area (Å²) in [7, 11) is 1.70. The zero-order chi connectivity index (χ0) is 12.8. The van der Waals surface area contributed by atoms with Crippen molar-refractivity contribution < 1.29 is 4.74 Å². The maximum Gasteiger partial charge on any atom is 0.107 e. The molecule has 18 heavy (non-hydrogen) atoms. The molecule has 2 rings (SSSR count). The molecule has 1 aromatic heterocycles. The first-order valence-corrected chi connectivity index (χ1v) is 7.37. The number of rotatable bonds is 6. The quantitative estimate of drug-likeness (QED) is 0.827. The fraction of sp³-hybridized carbons (Fsp3) is 0.308. The van der Waals surface area contributed by atoms with E-state index in [0.717, 1.165) is 40.4 Å². The first-order chi connectivity index (χ1) is 8.79. The first kappa shape index (κ1) is 13.7. The molecule has 0 fully saturated rings. The lowest BCUT2D eigenvalue weighted by Crippen LogP contribution is -2.18. The average Bonchev–Trinajstić information content (AvgIpc) is 2.83. The van der Waals surface area contributed by atoms with E-state index in [9.17, 15) is 0 Å². The Labute approximate surface area is 119 Å². The van der Waals surface area contributed by atoms with Crippen molar-refractivity contribution in [2.75, 3.05) is 20.3 Å². The van der Waals surface area contributed by atoms with Gasteiger partial charge in [-0.15, -0.1) is 11.3 Å². The Hall–Kier alpha value is -0.750. The summed E-state index contributed by atoms with van der Waals surface area (Å²) < 4.78 is 6.06. The number of nitrogens with zero attached hydrogens (tertiary/aromatic N) is 1. The first-order valence-electron chi connectivity index (χ1n) is 5.69. The lowest BCUT2D eigenvalue weighted by Gasteiger charge is -2.00. The molecule has 0 bridgehead atoms. The van der Waals surface area contributed by atoms with E-state index in [-0.39, 0.29) is 0 Å². The molecule has 0 spiro atoms. The number of nitrogens with one attached hydrogen (secondary N) is 1. The Balaban J connectivity index is 1.97. The summed E-state index contributed by atoms with van der Waals surface area (Å²) in [5.41, 5.74) is 2.17. The van der Waals surface area contributed by atoms with Crippen molar-refractivity contribution in [1.29, 1.82) is 0 Å². The van der Waals surface area contributed by atoms with Crippen LogP contribution in [0, 0.1) is 0 Å². The van der Waals surface area contributed by atoms with Gasteiger partial charge in [0.2, 0.25) is 0 Å². The minimum absolute atomic E-state index is 0.726. The Morgan fingerprint density at radius 1 is 1.44 bits per heavy atom. The molecule has 0 radical (unpaired) electrons. The second-order valence-electron chi connectivity index (χ2n) is 3.81. The Morgan fingerprint density at radius 2 is 2.33 bits per heavy atom. The topological polar surface area (TPSA) is 34.1 Å². The second kappa shape index (κ2) is 6.99. The van der Waals surface area contributed by atoms with E-state index < -0.39 is 0 Å². The highest BCUT2D eigenvalue weighted by molar-refractivity contribution is 9.10. The summed E-state index contributed by atoms with van der Waals surface area (Å²) >= 11 is 5.15. The molecule has 0 saturated heterocycles. The molecule has 1 heterocycles. The molecule has 0 aliphatic heterocycles. The summed E-state index contributed by atoms with van der Waals surface area (Å²) in [6.07, 6.45) is 0. The van der Waals surface area contributed by atoms with E-state index in [1.54, 1.807) is 18.4 Å². The minimum Gasteiger partial charge on any atom is -0.383 e. The molecule has 0 aliphatic rings. The van der Waals surface area contributed by atoms with Gasteiger partial charge in [0, 0.05) is 35.6 Å². The number of thiazole rings is 1. The van der Waals surface area contributed by atoms with Gasteiger partial charge in [-0.05, 0) is 12.1 Å². The highest BCUT2D eigenvalue weighted by atomic mass is 79.9. The number of ether oxygens (including phenoxy) is 1. The van der Waals surface area contributed by atoms with Crippen LogP contribution in [0.15, 0.2) is 34.1 Å². The zero-order valence-corrected chi connectivity index (χ0v) is 12.6. The average molecular weight is 327 g/mol. The van der Waals surface area contributed by atoms with Gasteiger partial charge < -0.3 is 10.1 Å². The lowest BCUT2D eigenvalue weighted by molar-refractivity contribution is 0.199. The van der Waals surface area contributed by atoms with Crippen LogP contribution in [0.1, 0.15) is 5.01 Å². The molecule has 0 unspecified atom stereocenters. The van der Waals surface area contributed by atoms with Crippen LogP contribution in [-0.2, 0) is 11.3 Å². The van der Waals surface area contributed by atoms with Crippen LogP contribution in [0.3, 0.4) is 0 Å². The van der Waals surface area contributed by atoms with Gasteiger partial charge in [-0.3, -0.25) is 0 Å². The molecule has 96 valence electrons. The third kappa shape index (κ3) is 3.88. The predicted molar refractivity (Wildman–Crippen MR) is 78.8 cm³/mol. The van der Waals surface area contributed by atoms with E-state index in [1.165, 1.54) is 0 Å². The van der Waals surface area contributed by atoms with Crippen LogP contribution in [0.5, 0.6) is 0 Å². The van der Waals surface area contributed by atoms with Crippen molar-refractivity contribution in [2.45, 2.75) is 6.54 Å². The smallest absolute Gasteiger partial charge is 0.107 e. The van der Waals surface area contributed by atoms with Crippen LogP contribution < -0.4 is 5.32 Å². The fourth-order valence-electron chi connectivity index (χ4n) is 1.54. The lowest BCUT2D eigenvalue weighted by atomic mass is 10.2. The predicted octanol–water partition coefficient (Wildman–Crippen LogP) is 3.31. The minimum atomic E-state index is 0.726. The molecular weight excluding hydrogens is 312 g/mol. The summed E-state index contributed by atoms with van der Waals surface area (Å²) in [6.45, 7) is 2.37. The number of benzene rings is 1. The largest absolute Gasteiger partial charge is 0.383 e.